The number of fused-ring (bicyclic) bond motifs is 1. The first-order chi connectivity index (χ1) is 6.94. The molecule has 7 heteroatoms. The van der Waals surface area contributed by atoms with Crippen LogP contribution in [0.1, 0.15) is 10.4 Å². The van der Waals surface area contributed by atoms with Gasteiger partial charge in [0.15, 0.2) is 0 Å². The van der Waals surface area contributed by atoms with E-state index in [0.717, 1.165) is 0 Å². The molecule has 0 fully saturated rings. The lowest BCUT2D eigenvalue weighted by Crippen LogP contribution is -2.27. The van der Waals surface area contributed by atoms with E-state index in [1.165, 1.54) is 18.2 Å². The van der Waals surface area contributed by atoms with E-state index in [4.69, 9.17) is 11.6 Å². The number of amides is 1. The molecule has 4 nitrogen and oxygen atoms in total. The molecular weight excluding hydrogens is 245 g/mol. The summed E-state index contributed by atoms with van der Waals surface area (Å²) in [7, 11) is -3.41. The van der Waals surface area contributed by atoms with Gasteiger partial charge in [0, 0.05) is 0 Å². The maximum absolute atomic E-state index is 12.3. The highest BCUT2D eigenvalue weighted by atomic mass is 35.5. The fourth-order valence-electron chi connectivity index (χ4n) is 1.31. The number of carbonyl (C=O) groups is 1. The topological polar surface area (TPSA) is 63.2 Å². The van der Waals surface area contributed by atoms with Crippen LogP contribution in [0.25, 0.3) is 0 Å². The number of hydrogen-bond acceptors (Lipinski definition) is 3. The average molecular weight is 250 g/mol. The summed E-state index contributed by atoms with van der Waals surface area (Å²) in [6.45, 7) is 0. The van der Waals surface area contributed by atoms with Crippen LogP contribution in [0.5, 0.6) is 0 Å². The highest BCUT2D eigenvalue weighted by Gasteiger charge is 2.43. The molecule has 1 unspecified atom stereocenters. The Labute approximate surface area is 90.0 Å². The molecular formula is C8H5ClFNO3S. The van der Waals surface area contributed by atoms with E-state index in [9.17, 15) is 17.6 Å². The van der Waals surface area contributed by atoms with E-state index >= 15 is 0 Å². The third-order valence-electron chi connectivity index (χ3n) is 1.98. The second kappa shape index (κ2) is 3.18. The van der Waals surface area contributed by atoms with Gasteiger partial charge in [0.1, 0.15) is 4.90 Å². The fraction of sp³-hybridized carbons (Fsp3) is 0.125. The molecule has 2 rings (SSSR count). The minimum Gasteiger partial charge on any atom is -0.310 e. The molecule has 80 valence electrons. The number of sulfone groups is 1. The molecule has 1 aliphatic heterocycles. The number of nitrogens with one attached hydrogen (secondary N) is 1. The molecule has 1 atom stereocenters. The number of hydrogen-bond donors (Lipinski definition) is 1. The van der Waals surface area contributed by atoms with Gasteiger partial charge in [-0.15, -0.1) is 0 Å². The van der Waals surface area contributed by atoms with Gasteiger partial charge in [0.05, 0.1) is 10.5 Å². The zero-order valence-corrected chi connectivity index (χ0v) is 8.77. The van der Waals surface area contributed by atoms with Gasteiger partial charge in [-0.05, 0) is 12.1 Å². The van der Waals surface area contributed by atoms with Crippen molar-refractivity contribution in [2.24, 2.45) is 0 Å². The largest absolute Gasteiger partial charge is 0.310 e. The van der Waals surface area contributed by atoms with Crippen LogP contribution in [0.15, 0.2) is 28.0 Å². The Hall–Kier alpha value is -1.14. The molecule has 1 aromatic rings. The molecule has 1 heterocycles. The van der Waals surface area contributed by atoms with Gasteiger partial charge in [-0.3, -0.25) is 4.79 Å². The number of benzene rings is 1. The summed E-state index contributed by atoms with van der Waals surface area (Å²) in [6.07, 6.45) is 0. The maximum atomic E-state index is 12.3. The minimum absolute atomic E-state index is 0.0418. The van der Waals surface area contributed by atoms with Crippen molar-refractivity contribution in [3.63, 3.8) is 0 Å². The molecule has 1 aromatic carbocycles. The second-order valence-electron chi connectivity index (χ2n) is 2.91. The molecule has 0 saturated carbocycles. The maximum Gasteiger partial charge on any atom is 0.255 e. The Kier molecular flexibility index (Phi) is 2.20. The van der Waals surface area contributed by atoms with E-state index in [1.807, 2.05) is 0 Å². The molecule has 1 aliphatic rings. The van der Waals surface area contributed by atoms with Gasteiger partial charge >= 0.3 is 0 Å². The van der Waals surface area contributed by atoms with Gasteiger partial charge < -0.3 is 5.32 Å². The smallest absolute Gasteiger partial charge is 0.255 e. The lowest BCUT2D eigenvalue weighted by molar-refractivity contribution is 0.0923. The molecule has 0 saturated heterocycles. The Morgan fingerprint density at radius 3 is 2.73 bits per heavy atom. The van der Waals surface area contributed by atoms with Gasteiger partial charge in [-0.2, -0.15) is 0 Å². The molecule has 0 aliphatic carbocycles. The van der Waals surface area contributed by atoms with Crippen molar-refractivity contribution in [1.29, 1.82) is 0 Å². The van der Waals surface area contributed by atoms with Crippen LogP contribution >= 0.6 is 11.6 Å². The summed E-state index contributed by atoms with van der Waals surface area (Å²) in [5.74, 6) is -2.87. The molecule has 1 amide bonds. The van der Waals surface area contributed by atoms with Crippen molar-refractivity contribution in [3.05, 3.63) is 23.8 Å². The summed E-state index contributed by atoms with van der Waals surface area (Å²) >= 11 is 4.91. The zero-order chi connectivity index (χ0) is 11.2. The van der Waals surface area contributed by atoms with E-state index in [1.54, 1.807) is 5.32 Å². The van der Waals surface area contributed by atoms with Gasteiger partial charge in [-0.25, -0.2) is 12.8 Å². The van der Waals surface area contributed by atoms with E-state index < -0.39 is 21.5 Å². The van der Waals surface area contributed by atoms with E-state index in [0.29, 0.717) is 0 Å². The third-order valence-corrected chi connectivity index (χ3v) is 3.78. The highest BCUT2D eigenvalue weighted by molar-refractivity contribution is 7.97. The van der Waals surface area contributed by atoms with Crippen LogP contribution in [0.4, 0.5) is 4.39 Å². The molecule has 1 N–H and O–H groups in total. The highest BCUT2D eigenvalue weighted by Crippen LogP contribution is 2.42. The Morgan fingerprint density at radius 1 is 1.47 bits per heavy atom. The monoisotopic (exact) mass is 249 g/mol. The summed E-state index contributed by atoms with van der Waals surface area (Å²) in [6, 6.07) is 4.10. The van der Waals surface area contributed by atoms with Crippen LogP contribution in [0.2, 0.25) is 0 Å². The summed E-state index contributed by atoms with van der Waals surface area (Å²) in [4.78, 5) is 11.4. The standard InChI is InChI=1S/C8H5ClFNO3S/c9-8(10)11-7(12)4-2-1-3-5-6(4)15(5,13)14/h1-3,8H,(H,11,12). The van der Waals surface area contributed by atoms with Crippen molar-refractivity contribution >= 4 is 27.3 Å². The molecule has 15 heavy (non-hydrogen) atoms. The van der Waals surface area contributed by atoms with Crippen LogP contribution < -0.4 is 5.32 Å². The molecule has 0 bridgehead atoms. The van der Waals surface area contributed by atoms with Crippen LogP contribution in [0, 0.1) is 0 Å². The number of halogens is 2. The van der Waals surface area contributed by atoms with Crippen LogP contribution in [0.3, 0.4) is 0 Å². The number of alkyl halides is 2. The predicted octanol–water partition coefficient (Wildman–Crippen LogP) is 1.05. The quantitative estimate of drug-likeness (QED) is 0.492. The van der Waals surface area contributed by atoms with Gasteiger partial charge in [-0.1, -0.05) is 17.7 Å². The van der Waals surface area contributed by atoms with E-state index in [-0.39, 0.29) is 15.4 Å². The second-order valence-corrected chi connectivity index (χ2v) is 5.15. The molecule has 0 spiro atoms. The minimum atomic E-state index is -3.41. The molecule has 0 aromatic heterocycles. The summed E-state index contributed by atoms with van der Waals surface area (Å²) in [5, 5.41) is 1.77. The van der Waals surface area contributed by atoms with Crippen molar-refractivity contribution in [2.45, 2.75) is 15.5 Å². The van der Waals surface area contributed by atoms with Crippen molar-refractivity contribution < 1.29 is 17.6 Å². The lowest BCUT2D eigenvalue weighted by Gasteiger charge is -2.02. The first-order valence-electron chi connectivity index (χ1n) is 3.91. The number of rotatable bonds is 2. The number of carbonyl (C=O) groups excluding carboxylic acids is 1. The first kappa shape index (κ1) is 10.4. The van der Waals surface area contributed by atoms with Crippen molar-refractivity contribution in [3.8, 4) is 0 Å². The van der Waals surface area contributed by atoms with E-state index in [2.05, 4.69) is 0 Å². The van der Waals surface area contributed by atoms with Gasteiger partial charge in [0.25, 0.3) is 5.91 Å². The fourth-order valence-corrected chi connectivity index (χ4v) is 2.92. The zero-order valence-electron chi connectivity index (χ0n) is 7.20. The van der Waals surface area contributed by atoms with Crippen LogP contribution in [-0.4, -0.2) is 20.1 Å². The van der Waals surface area contributed by atoms with Crippen molar-refractivity contribution in [2.75, 3.05) is 0 Å². The summed E-state index contributed by atoms with van der Waals surface area (Å²) < 4.78 is 34.7. The molecule has 0 radical (unpaired) electrons. The SMILES string of the molecule is O=C(NC(F)Cl)c1cccc2c1S2(=O)=O. The van der Waals surface area contributed by atoms with Crippen LogP contribution in [-0.2, 0) is 9.84 Å². The van der Waals surface area contributed by atoms with Crippen molar-refractivity contribution in [1.82, 2.24) is 5.32 Å². The average Bonchev–Trinajstić information content (AvgIpc) is 2.69. The summed E-state index contributed by atoms with van der Waals surface area (Å²) in [5.41, 5.74) is -0.0733. The predicted molar refractivity (Wildman–Crippen MR) is 50.1 cm³/mol. The third kappa shape index (κ3) is 1.59. The Morgan fingerprint density at radius 2 is 2.13 bits per heavy atom. The normalized spacial score (nSPS) is 17.7. The van der Waals surface area contributed by atoms with Gasteiger partial charge in [0.2, 0.25) is 15.6 Å². The first-order valence-corrected chi connectivity index (χ1v) is 5.83. The Bertz CT molecular complexity index is 541. The lowest BCUT2D eigenvalue weighted by atomic mass is 10.2. The Balaban J connectivity index is 2.38.